The highest BCUT2D eigenvalue weighted by Crippen LogP contribution is 2.26. The van der Waals surface area contributed by atoms with Crippen molar-refractivity contribution < 1.29 is 19.6 Å². The summed E-state index contributed by atoms with van der Waals surface area (Å²) in [6.07, 6.45) is 0. The summed E-state index contributed by atoms with van der Waals surface area (Å²) in [5, 5.41) is 19.7. The van der Waals surface area contributed by atoms with Crippen LogP contribution in [-0.4, -0.2) is 16.0 Å². The van der Waals surface area contributed by atoms with Crippen molar-refractivity contribution >= 4 is 11.7 Å². The van der Waals surface area contributed by atoms with Crippen LogP contribution in [0.1, 0.15) is 26.3 Å². The molecule has 0 unspecified atom stereocenters. The Balaban J connectivity index is 3.04. The average Bonchev–Trinajstić information content (AvgIpc) is 2.27. The molecule has 0 heterocycles. The number of aliphatic hydroxyl groups is 1. The van der Waals surface area contributed by atoms with Crippen LogP contribution in [0.15, 0.2) is 18.2 Å². The van der Waals surface area contributed by atoms with Crippen molar-refractivity contribution in [3.8, 4) is 5.75 Å². The van der Waals surface area contributed by atoms with Crippen LogP contribution < -0.4 is 4.74 Å². The molecule has 0 saturated heterocycles. The van der Waals surface area contributed by atoms with Gasteiger partial charge < -0.3 is 9.84 Å². The first-order valence-corrected chi connectivity index (χ1v) is 5.36. The molecule has 0 aromatic heterocycles. The molecule has 0 fully saturated rings. The number of aliphatic hydroxyl groups excluding tert-OH is 1. The molecule has 0 saturated carbocycles. The van der Waals surface area contributed by atoms with Crippen LogP contribution in [0.2, 0.25) is 0 Å². The number of nitro groups is 1. The van der Waals surface area contributed by atoms with Crippen LogP contribution in [0, 0.1) is 15.5 Å². The van der Waals surface area contributed by atoms with E-state index in [0.717, 1.165) is 0 Å². The average molecular weight is 253 g/mol. The number of esters is 1. The molecule has 0 amide bonds. The fourth-order valence-corrected chi connectivity index (χ4v) is 1.16. The van der Waals surface area contributed by atoms with Crippen LogP contribution in [0.25, 0.3) is 0 Å². The lowest BCUT2D eigenvalue weighted by Gasteiger charge is -2.17. The molecule has 1 N–H and O–H groups in total. The van der Waals surface area contributed by atoms with Gasteiger partial charge in [-0.3, -0.25) is 14.9 Å². The third-order valence-corrected chi connectivity index (χ3v) is 2.24. The third kappa shape index (κ3) is 3.27. The monoisotopic (exact) mass is 253 g/mol. The van der Waals surface area contributed by atoms with E-state index in [9.17, 15) is 14.9 Å². The largest absolute Gasteiger partial charge is 0.426 e. The summed E-state index contributed by atoms with van der Waals surface area (Å²) >= 11 is 0. The first-order chi connectivity index (χ1) is 8.25. The summed E-state index contributed by atoms with van der Waals surface area (Å²) in [5.74, 6) is -0.325. The van der Waals surface area contributed by atoms with Gasteiger partial charge in [0.2, 0.25) is 0 Å². The van der Waals surface area contributed by atoms with Crippen molar-refractivity contribution in [1.29, 1.82) is 0 Å². The highest BCUT2D eigenvalue weighted by atomic mass is 16.6. The van der Waals surface area contributed by atoms with Gasteiger partial charge in [0.1, 0.15) is 5.75 Å². The predicted molar refractivity (Wildman–Crippen MR) is 64.1 cm³/mol. The number of rotatable bonds is 3. The number of hydrogen-bond acceptors (Lipinski definition) is 5. The number of nitrogens with zero attached hydrogens (tertiary/aromatic N) is 1. The molecular weight excluding hydrogens is 238 g/mol. The molecule has 98 valence electrons. The minimum Gasteiger partial charge on any atom is -0.426 e. The van der Waals surface area contributed by atoms with Crippen LogP contribution in [0.4, 0.5) is 5.69 Å². The van der Waals surface area contributed by atoms with E-state index in [1.165, 1.54) is 18.2 Å². The molecule has 0 radical (unpaired) electrons. The topological polar surface area (TPSA) is 89.7 Å². The maximum absolute atomic E-state index is 11.7. The lowest BCUT2D eigenvalue weighted by Crippen LogP contribution is -2.26. The zero-order chi connectivity index (χ0) is 13.9. The molecule has 0 aliphatic rings. The summed E-state index contributed by atoms with van der Waals surface area (Å²) < 4.78 is 5.11. The molecule has 0 aliphatic heterocycles. The molecule has 18 heavy (non-hydrogen) atoms. The summed E-state index contributed by atoms with van der Waals surface area (Å²) in [7, 11) is 0. The van der Waals surface area contributed by atoms with Crippen molar-refractivity contribution in [2.24, 2.45) is 5.41 Å². The number of carbonyl (C=O) groups excluding carboxylic acids is 1. The van der Waals surface area contributed by atoms with Gasteiger partial charge in [-0.05, 0) is 26.8 Å². The van der Waals surface area contributed by atoms with Gasteiger partial charge in [-0.15, -0.1) is 0 Å². The van der Waals surface area contributed by atoms with E-state index >= 15 is 0 Å². The maximum atomic E-state index is 11.7. The van der Waals surface area contributed by atoms with Gasteiger partial charge in [-0.1, -0.05) is 0 Å². The number of nitro benzene ring substituents is 1. The fourth-order valence-electron chi connectivity index (χ4n) is 1.16. The van der Waals surface area contributed by atoms with E-state index in [-0.39, 0.29) is 17.0 Å². The molecule has 1 aromatic rings. The third-order valence-electron chi connectivity index (χ3n) is 2.24. The Hall–Kier alpha value is -1.95. The van der Waals surface area contributed by atoms with E-state index in [1.54, 1.807) is 20.8 Å². The highest BCUT2D eigenvalue weighted by molar-refractivity contribution is 5.78. The number of hydrogen-bond donors (Lipinski definition) is 1. The first-order valence-electron chi connectivity index (χ1n) is 5.36. The van der Waals surface area contributed by atoms with Crippen molar-refractivity contribution in [2.75, 3.05) is 0 Å². The molecular formula is C12H15NO5. The van der Waals surface area contributed by atoms with Crippen LogP contribution >= 0.6 is 0 Å². The number of benzene rings is 1. The van der Waals surface area contributed by atoms with E-state index in [2.05, 4.69) is 0 Å². The molecule has 0 spiro atoms. The number of non-ortho nitro benzene ring substituents is 1. The molecule has 0 aliphatic carbocycles. The van der Waals surface area contributed by atoms with Crippen molar-refractivity contribution in [3.63, 3.8) is 0 Å². The fraction of sp³-hybridized carbons (Fsp3) is 0.417. The second-order valence-corrected chi connectivity index (χ2v) is 4.85. The number of carbonyl (C=O) groups is 1. The van der Waals surface area contributed by atoms with Crippen LogP contribution in [0.3, 0.4) is 0 Å². The smallest absolute Gasteiger partial charge is 0.316 e. The molecule has 6 heteroatoms. The Kier molecular flexibility index (Phi) is 4.03. The Bertz CT molecular complexity index is 476. The SMILES string of the molecule is CC(C)(C)C(=O)Oc1ccc([N+](=O)[O-])cc1CO. The first kappa shape index (κ1) is 14.1. The zero-order valence-corrected chi connectivity index (χ0v) is 10.5. The van der Waals surface area contributed by atoms with Gasteiger partial charge >= 0.3 is 5.97 Å². The van der Waals surface area contributed by atoms with Gasteiger partial charge in [0.05, 0.1) is 16.9 Å². The number of ether oxygens (including phenoxy) is 1. The Labute approximate surface area is 104 Å². The second kappa shape index (κ2) is 5.14. The van der Waals surface area contributed by atoms with E-state index in [1.807, 2.05) is 0 Å². The van der Waals surface area contributed by atoms with Crippen molar-refractivity contribution in [1.82, 2.24) is 0 Å². The van der Waals surface area contributed by atoms with Crippen molar-refractivity contribution in [2.45, 2.75) is 27.4 Å². The molecule has 0 bridgehead atoms. The Morgan fingerprint density at radius 1 is 1.44 bits per heavy atom. The molecule has 1 rings (SSSR count). The predicted octanol–water partition coefficient (Wildman–Crippen LogP) is 2.04. The summed E-state index contributed by atoms with van der Waals surface area (Å²) in [6.45, 7) is 4.65. The summed E-state index contributed by atoms with van der Waals surface area (Å²) in [5.41, 5.74) is -0.634. The van der Waals surface area contributed by atoms with Crippen LogP contribution in [0.5, 0.6) is 5.75 Å². The lowest BCUT2D eigenvalue weighted by atomic mass is 9.97. The Morgan fingerprint density at radius 3 is 2.50 bits per heavy atom. The Morgan fingerprint density at radius 2 is 2.06 bits per heavy atom. The van der Waals surface area contributed by atoms with Gasteiger partial charge in [0.15, 0.2) is 0 Å². The molecule has 6 nitrogen and oxygen atoms in total. The normalized spacial score (nSPS) is 11.1. The van der Waals surface area contributed by atoms with E-state index < -0.39 is 22.9 Å². The quantitative estimate of drug-likeness (QED) is 0.385. The summed E-state index contributed by atoms with van der Waals surface area (Å²) in [4.78, 5) is 21.7. The van der Waals surface area contributed by atoms with Gasteiger partial charge in [0, 0.05) is 17.7 Å². The zero-order valence-electron chi connectivity index (χ0n) is 10.5. The minimum absolute atomic E-state index is 0.142. The standard InChI is InChI=1S/C12H15NO5/c1-12(2,3)11(15)18-10-5-4-9(13(16)17)6-8(10)7-14/h4-6,14H,7H2,1-3H3. The lowest BCUT2D eigenvalue weighted by molar-refractivity contribution is -0.385. The van der Waals surface area contributed by atoms with E-state index in [4.69, 9.17) is 9.84 Å². The minimum atomic E-state index is -0.686. The van der Waals surface area contributed by atoms with Crippen LogP contribution in [-0.2, 0) is 11.4 Å². The molecule has 1 aromatic carbocycles. The van der Waals surface area contributed by atoms with Gasteiger partial charge in [-0.25, -0.2) is 0 Å². The summed E-state index contributed by atoms with van der Waals surface area (Å²) in [6, 6.07) is 3.73. The van der Waals surface area contributed by atoms with Gasteiger partial charge in [0.25, 0.3) is 5.69 Å². The van der Waals surface area contributed by atoms with E-state index in [0.29, 0.717) is 0 Å². The van der Waals surface area contributed by atoms with Crippen molar-refractivity contribution in [3.05, 3.63) is 33.9 Å². The highest BCUT2D eigenvalue weighted by Gasteiger charge is 2.25. The van der Waals surface area contributed by atoms with Gasteiger partial charge in [-0.2, -0.15) is 0 Å². The second-order valence-electron chi connectivity index (χ2n) is 4.85. The maximum Gasteiger partial charge on any atom is 0.316 e. The molecule has 0 atom stereocenters.